The van der Waals surface area contributed by atoms with E-state index < -0.39 is 0 Å². The van der Waals surface area contributed by atoms with E-state index in [9.17, 15) is 4.79 Å². The Morgan fingerprint density at radius 1 is 1.44 bits per heavy atom. The molecule has 1 amide bonds. The average Bonchev–Trinajstić information content (AvgIpc) is 2.81. The first-order valence-corrected chi connectivity index (χ1v) is 5.58. The van der Waals surface area contributed by atoms with Gasteiger partial charge in [0.05, 0.1) is 0 Å². The van der Waals surface area contributed by atoms with E-state index in [2.05, 4.69) is 27.6 Å². The Bertz CT molecular complexity index is 298. The number of amides is 1. The third-order valence-electron chi connectivity index (χ3n) is 2.24. The molecule has 16 heavy (non-hydrogen) atoms. The summed E-state index contributed by atoms with van der Waals surface area (Å²) >= 11 is 0. The Kier molecular flexibility index (Phi) is 5.49. The fourth-order valence-electron chi connectivity index (χ4n) is 1.26. The predicted octanol–water partition coefficient (Wildman–Crippen LogP) is -0.0451. The molecule has 0 aromatic carbocycles. The van der Waals surface area contributed by atoms with E-state index in [1.54, 1.807) is 13.3 Å². The molecule has 1 unspecified atom stereocenters. The van der Waals surface area contributed by atoms with E-state index in [1.807, 2.05) is 0 Å². The van der Waals surface area contributed by atoms with Gasteiger partial charge in [0.15, 0.2) is 0 Å². The van der Waals surface area contributed by atoms with Crippen molar-refractivity contribution in [3.63, 3.8) is 0 Å². The molecule has 1 atom stereocenters. The summed E-state index contributed by atoms with van der Waals surface area (Å²) in [7, 11) is 0. The summed E-state index contributed by atoms with van der Waals surface area (Å²) in [6, 6.07) is -0.311. The van der Waals surface area contributed by atoms with Gasteiger partial charge in [-0.05, 0) is 19.9 Å². The molecule has 6 nitrogen and oxygen atoms in total. The van der Waals surface area contributed by atoms with Crippen LogP contribution in [0.5, 0.6) is 0 Å². The minimum absolute atomic E-state index is 0.0381. The summed E-state index contributed by atoms with van der Waals surface area (Å²) in [6.45, 7) is 6.32. The molecular weight excluding hydrogens is 206 g/mol. The van der Waals surface area contributed by atoms with Crippen molar-refractivity contribution in [2.45, 2.75) is 26.3 Å². The van der Waals surface area contributed by atoms with Gasteiger partial charge in [-0.2, -0.15) is 5.10 Å². The maximum atomic E-state index is 11.6. The molecule has 0 aliphatic rings. The minimum atomic E-state index is -0.311. The van der Waals surface area contributed by atoms with Gasteiger partial charge in [-0.1, -0.05) is 6.92 Å². The van der Waals surface area contributed by atoms with Crippen LogP contribution in [0.2, 0.25) is 0 Å². The fraction of sp³-hybridized carbons (Fsp3) is 0.700. The summed E-state index contributed by atoms with van der Waals surface area (Å²) in [4.78, 5) is 15.5. The molecule has 0 radical (unpaired) electrons. The van der Waals surface area contributed by atoms with E-state index in [-0.39, 0.29) is 11.9 Å². The van der Waals surface area contributed by atoms with Crippen molar-refractivity contribution < 1.29 is 4.79 Å². The lowest BCUT2D eigenvalue weighted by atomic mass is 10.3. The van der Waals surface area contributed by atoms with E-state index in [0.29, 0.717) is 6.54 Å². The molecule has 1 rings (SSSR count). The maximum absolute atomic E-state index is 11.6. The van der Waals surface area contributed by atoms with Crippen LogP contribution in [-0.2, 0) is 4.79 Å². The van der Waals surface area contributed by atoms with Crippen LogP contribution in [0.3, 0.4) is 0 Å². The highest BCUT2D eigenvalue weighted by Gasteiger charge is 2.13. The van der Waals surface area contributed by atoms with Crippen molar-refractivity contribution >= 4 is 5.91 Å². The summed E-state index contributed by atoms with van der Waals surface area (Å²) in [5.41, 5.74) is 0. The molecule has 0 aliphatic heterocycles. The van der Waals surface area contributed by atoms with Crippen LogP contribution >= 0.6 is 0 Å². The summed E-state index contributed by atoms with van der Waals surface area (Å²) in [6.07, 6.45) is 4.06. The maximum Gasteiger partial charge on any atom is 0.244 e. The Hall–Kier alpha value is -1.43. The number of aromatic nitrogens is 3. The zero-order valence-electron chi connectivity index (χ0n) is 9.81. The Morgan fingerprint density at radius 2 is 2.25 bits per heavy atom. The highest BCUT2D eigenvalue weighted by Crippen LogP contribution is 2.00. The van der Waals surface area contributed by atoms with Gasteiger partial charge in [-0.25, -0.2) is 9.67 Å². The lowest BCUT2D eigenvalue weighted by Gasteiger charge is -2.12. The zero-order valence-corrected chi connectivity index (χ0v) is 9.81. The van der Waals surface area contributed by atoms with Crippen molar-refractivity contribution in [1.29, 1.82) is 0 Å². The number of hydrogen-bond acceptors (Lipinski definition) is 4. The van der Waals surface area contributed by atoms with Crippen LogP contribution in [0.4, 0.5) is 0 Å². The lowest BCUT2D eigenvalue weighted by molar-refractivity contribution is -0.124. The largest absolute Gasteiger partial charge is 0.353 e. The number of rotatable bonds is 7. The van der Waals surface area contributed by atoms with Gasteiger partial charge in [0.25, 0.3) is 0 Å². The number of carbonyl (C=O) groups excluding carboxylic acids is 1. The lowest BCUT2D eigenvalue weighted by Crippen LogP contribution is -2.36. The molecule has 1 heterocycles. The molecule has 2 N–H and O–H groups in total. The quantitative estimate of drug-likeness (QED) is 0.638. The first-order valence-electron chi connectivity index (χ1n) is 5.58. The molecule has 90 valence electrons. The molecule has 1 aromatic rings. The molecular formula is C10H19N5O. The minimum Gasteiger partial charge on any atom is -0.353 e. The van der Waals surface area contributed by atoms with Crippen LogP contribution in [0.15, 0.2) is 12.7 Å². The number of nitrogens with one attached hydrogen (secondary N) is 2. The summed E-state index contributed by atoms with van der Waals surface area (Å²) < 4.78 is 1.54. The zero-order chi connectivity index (χ0) is 11.8. The molecule has 0 fully saturated rings. The Labute approximate surface area is 95.4 Å². The molecule has 1 aromatic heterocycles. The van der Waals surface area contributed by atoms with E-state index in [1.165, 1.54) is 11.0 Å². The second-order valence-electron chi connectivity index (χ2n) is 3.59. The van der Waals surface area contributed by atoms with Gasteiger partial charge in [0.1, 0.15) is 18.7 Å². The van der Waals surface area contributed by atoms with Crippen molar-refractivity contribution in [3.8, 4) is 0 Å². The van der Waals surface area contributed by atoms with Gasteiger partial charge >= 0.3 is 0 Å². The van der Waals surface area contributed by atoms with E-state index in [0.717, 1.165) is 19.5 Å². The fourth-order valence-corrected chi connectivity index (χ4v) is 1.26. The van der Waals surface area contributed by atoms with E-state index >= 15 is 0 Å². The third-order valence-corrected chi connectivity index (χ3v) is 2.24. The van der Waals surface area contributed by atoms with Gasteiger partial charge in [0.2, 0.25) is 5.91 Å². The second-order valence-corrected chi connectivity index (χ2v) is 3.59. The monoisotopic (exact) mass is 225 g/mol. The summed E-state index contributed by atoms with van der Waals surface area (Å²) in [5, 5.41) is 9.98. The number of hydrogen-bond donors (Lipinski definition) is 2. The van der Waals surface area contributed by atoms with Crippen LogP contribution in [0, 0.1) is 0 Å². The van der Waals surface area contributed by atoms with Crippen LogP contribution in [0.25, 0.3) is 0 Å². The van der Waals surface area contributed by atoms with Gasteiger partial charge in [-0.15, -0.1) is 0 Å². The molecule has 0 saturated heterocycles. The van der Waals surface area contributed by atoms with Crippen LogP contribution in [0.1, 0.15) is 26.3 Å². The molecule has 0 aliphatic carbocycles. The smallest absolute Gasteiger partial charge is 0.244 e. The first kappa shape index (κ1) is 12.6. The van der Waals surface area contributed by atoms with Crippen molar-refractivity contribution in [1.82, 2.24) is 25.4 Å². The topological polar surface area (TPSA) is 71.8 Å². The number of carbonyl (C=O) groups is 1. The normalized spacial score (nSPS) is 12.4. The van der Waals surface area contributed by atoms with Gasteiger partial charge < -0.3 is 10.6 Å². The van der Waals surface area contributed by atoms with Crippen molar-refractivity contribution in [2.24, 2.45) is 0 Å². The first-order chi connectivity index (χ1) is 7.75. The average molecular weight is 225 g/mol. The van der Waals surface area contributed by atoms with Gasteiger partial charge in [0, 0.05) is 13.1 Å². The van der Waals surface area contributed by atoms with E-state index in [4.69, 9.17) is 0 Å². The highest BCUT2D eigenvalue weighted by molar-refractivity contribution is 5.79. The molecule has 0 bridgehead atoms. The summed E-state index contributed by atoms with van der Waals surface area (Å²) in [5.74, 6) is -0.0381. The van der Waals surface area contributed by atoms with Gasteiger partial charge in [-0.3, -0.25) is 4.79 Å². The standard InChI is InChI=1S/C10H19N5O/c1-3-4-11-5-6-13-10(16)9(2)15-8-12-7-14-15/h7-9,11H,3-6H2,1-2H3,(H,13,16). The molecule has 6 heteroatoms. The Morgan fingerprint density at radius 3 is 2.88 bits per heavy atom. The van der Waals surface area contributed by atoms with Crippen LogP contribution < -0.4 is 10.6 Å². The second kappa shape index (κ2) is 6.95. The van der Waals surface area contributed by atoms with Crippen LogP contribution in [-0.4, -0.2) is 40.3 Å². The predicted molar refractivity (Wildman–Crippen MR) is 60.9 cm³/mol. The molecule has 0 spiro atoms. The Balaban J connectivity index is 2.20. The SMILES string of the molecule is CCCNCCNC(=O)C(C)n1cncn1. The highest BCUT2D eigenvalue weighted by atomic mass is 16.2. The third kappa shape index (κ3) is 3.98. The number of nitrogens with zero attached hydrogens (tertiary/aromatic N) is 3. The van der Waals surface area contributed by atoms with Crippen molar-refractivity contribution in [2.75, 3.05) is 19.6 Å². The molecule has 0 saturated carbocycles. The van der Waals surface area contributed by atoms with Crippen molar-refractivity contribution in [3.05, 3.63) is 12.7 Å².